The van der Waals surface area contributed by atoms with Crippen LogP contribution in [0.1, 0.15) is 159 Å². The van der Waals surface area contributed by atoms with Gasteiger partial charge in [0.15, 0.2) is 24.1 Å². The van der Waals surface area contributed by atoms with Gasteiger partial charge >= 0.3 is 11.9 Å². The quantitative estimate of drug-likeness (QED) is 0.0474. The monoisotopic (exact) mass is 1440 g/mol. The first-order valence-corrected chi connectivity index (χ1v) is 36.9. The number of ketones is 2. The second kappa shape index (κ2) is 40.6. The number of esters is 2. The SMILES string of the molecule is CCC1OC(=O)CC(O)C(C)C(OC2OC(C)C(O)C(N(C)C)C2O)C(CCN2CCCCC2)CC(C)C(=O)/C=C/C(C)=C/C1CI.CCC1OC(=O)CC(O)C(C)C(OC2OC(C)C(O)C(N(C)C)C2O)C(CCN2CCCCC2)CC(C)C(=O)/C=C/C(C)=C/C1CO. The summed E-state index contributed by atoms with van der Waals surface area (Å²) in [6.45, 7) is 24.1. The predicted molar refractivity (Wildman–Crippen MR) is 370 cm³/mol. The minimum atomic E-state index is -1.19. The number of allylic oxidation sites excluding steroid dienone is 6. The van der Waals surface area contributed by atoms with Crippen molar-refractivity contribution in [2.24, 2.45) is 47.3 Å². The summed E-state index contributed by atoms with van der Waals surface area (Å²) in [6, 6.07) is -1.28. The summed E-state index contributed by atoms with van der Waals surface area (Å²) in [5, 5.41) is 77.7. The number of hydrogen-bond donors (Lipinski definition) is 7. The molecule has 0 aromatic carbocycles. The molecule has 540 valence electrons. The standard InChI is InChI=1S/C36H61IN2O8.C36H62N2O9/c1-8-30-27(21-37)18-22(2)12-13-28(40)23(3)19-26(14-17-39-15-10-9-11-16-39)35(24(4)29(41)20-31(42)46-30)47-36-34(44)32(38(6)7)33(43)25(5)45-36;1-8-30-27(21-39)18-22(2)12-13-28(40)23(3)19-26(14-17-38-15-10-9-11-16-38)35(24(4)29(41)20-31(42)46-30)47-36-34(44)32(37(6)7)33(43)25(5)45-36/h12-13,18,23-27,29-30,32-36,41,43-44H,8-11,14-17,19-21H2,1-7H3;12-13,18,23-27,29-30,32-36,39,41,43-44H,8-11,14-17,19-21H2,1-7H3/b2*13-12+,22-18+. The molecule has 4 saturated heterocycles. The zero-order valence-electron chi connectivity index (χ0n) is 59.3. The van der Waals surface area contributed by atoms with Crippen molar-refractivity contribution in [1.29, 1.82) is 0 Å². The number of halogens is 1. The highest BCUT2D eigenvalue weighted by atomic mass is 127. The highest BCUT2D eigenvalue weighted by Gasteiger charge is 2.49. The van der Waals surface area contributed by atoms with Gasteiger partial charge in [-0.15, -0.1) is 0 Å². The largest absolute Gasteiger partial charge is 0.462 e. The van der Waals surface area contributed by atoms with Crippen LogP contribution in [0.15, 0.2) is 47.6 Å². The van der Waals surface area contributed by atoms with E-state index >= 15 is 0 Å². The molecule has 21 nitrogen and oxygen atoms in total. The Balaban J connectivity index is 0.000000341. The van der Waals surface area contributed by atoms with Gasteiger partial charge in [-0.25, -0.2) is 0 Å². The van der Waals surface area contributed by atoms with E-state index in [2.05, 4.69) is 38.5 Å². The molecule has 0 aromatic heterocycles. The molecule has 6 rings (SSSR count). The molecule has 0 amide bonds. The average Bonchev–Trinajstić information content (AvgIpc) is 0.801. The molecule has 24 unspecified atom stereocenters. The number of likely N-dealkylation sites (tertiary alicyclic amines) is 2. The van der Waals surface area contributed by atoms with E-state index in [4.69, 9.17) is 28.4 Å². The second-order valence-electron chi connectivity index (χ2n) is 28.8. The lowest BCUT2D eigenvalue weighted by atomic mass is 9.79. The van der Waals surface area contributed by atoms with Crippen molar-refractivity contribution in [3.8, 4) is 0 Å². The van der Waals surface area contributed by atoms with Gasteiger partial charge in [0.25, 0.3) is 0 Å². The molecule has 0 saturated carbocycles. The van der Waals surface area contributed by atoms with Gasteiger partial charge in [-0.2, -0.15) is 0 Å². The number of aliphatic hydroxyl groups excluding tert-OH is 7. The van der Waals surface area contributed by atoms with E-state index < -0.39 is 121 Å². The number of carbonyl (C=O) groups is 4. The lowest BCUT2D eigenvalue weighted by Gasteiger charge is -2.47. The van der Waals surface area contributed by atoms with Crippen molar-refractivity contribution in [3.63, 3.8) is 0 Å². The van der Waals surface area contributed by atoms with E-state index in [1.165, 1.54) is 12.8 Å². The first-order chi connectivity index (χ1) is 44.5. The molecule has 4 fully saturated rings. The lowest BCUT2D eigenvalue weighted by Crippen LogP contribution is -2.63. The Morgan fingerprint density at radius 2 is 0.904 bits per heavy atom. The molecule has 0 spiro atoms. The fourth-order valence-corrected chi connectivity index (χ4v) is 15.6. The van der Waals surface area contributed by atoms with Crippen LogP contribution in [0.5, 0.6) is 0 Å². The van der Waals surface area contributed by atoms with Crippen molar-refractivity contribution in [2.45, 2.75) is 257 Å². The van der Waals surface area contributed by atoms with Crippen molar-refractivity contribution in [2.75, 3.05) is 78.5 Å². The highest BCUT2D eigenvalue weighted by Crippen LogP contribution is 2.38. The van der Waals surface area contributed by atoms with Gasteiger partial charge in [-0.05, 0) is 183 Å². The second-order valence-corrected chi connectivity index (χ2v) is 29.6. The number of hydrogen-bond acceptors (Lipinski definition) is 21. The van der Waals surface area contributed by atoms with Crippen LogP contribution in [0.3, 0.4) is 0 Å². The maximum atomic E-state index is 13.5. The summed E-state index contributed by atoms with van der Waals surface area (Å²) in [4.78, 5) is 61.9. The third-order valence-corrected chi connectivity index (χ3v) is 21.8. The third kappa shape index (κ3) is 24.3. The number of carbonyl (C=O) groups excluding carboxylic acids is 4. The molecular formula is C72H123IN4O17. The molecule has 94 heavy (non-hydrogen) atoms. The third-order valence-electron chi connectivity index (χ3n) is 20.8. The van der Waals surface area contributed by atoms with E-state index in [-0.39, 0.29) is 66.7 Å². The Morgan fingerprint density at radius 3 is 1.24 bits per heavy atom. The van der Waals surface area contributed by atoms with Crippen molar-refractivity contribution < 1.29 is 83.3 Å². The average molecular weight is 1440 g/mol. The van der Waals surface area contributed by atoms with E-state index in [9.17, 15) is 54.9 Å². The fraction of sp³-hybridized carbons (Fsp3) is 0.833. The van der Waals surface area contributed by atoms with Crippen molar-refractivity contribution in [3.05, 3.63) is 47.6 Å². The molecule has 0 aromatic rings. The molecular weight excluding hydrogens is 1320 g/mol. The number of likely N-dealkylation sites (N-methyl/N-ethyl adjacent to an activating group) is 2. The smallest absolute Gasteiger partial charge is 0.308 e. The Labute approximate surface area is 576 Å². The first-order valence-electron chi connectivity index (χ1n) is 35.4. The molecule has 6 heterocycles. The maximum Gasteiger partial charge on any atom is 0.308 e. The predicted octanol–water partition coefficient (Wildman–Crippen LogP) is 6.82. The summed E-state index contributed by atoms with van der Waals surface area (Å²) in [5.41, 5.74) is 1.71. The normalized spacial score (nSPS) is 40.9. The van der Waals surface area contributed by atoms with E-state index in [1.807, 2.05) is 67.5 Å². The molecule has 6 aliphatic heterocycles. The van der Waals surface area contributed by atoms with Gasteiger partial charge in [0.05, 0.1) is 80.4 Å². The summed E-state index contributed by atoms with van der Waals surface area (Å²) in [5.74, 6) is -3.86. The molecule has 0 bridgehead atoms. The highest BCUT2D eigenvalue weighted by molar-refractivity contribution is 14.1. The number of piperidine rings is 2. The van der Waals surface area contributed by atoms with Crippen LogP contribution in [0, 0.1) is 47.3 Å². The summed E-state index contributed by atoms with van der Waals surface area (Å²) >= 11 is 2.29. The van der Waals surface area contributed by atoms with Crippen LogP contribution in [0.4, 0.5) is 0 Å². The Bertz CT molecular complexity index is 2260. The van der Waals surface area contributed by atoms with Crippen LogP contribution in [-0.4, -0.2) is 255 Å². The minimum absolute atomic E-state index is 0.0163. The van der Waals surface area contributed by atoms with Gasteiger partial charge in [-0.3, -0.25) is 19.2 Å². The number of ether oxygens (including phenoxy) is 6. The van der Waals surface area contributed by atoms with Crippen LogP contribution >= 0.6 is 22.6 Å². The molecule has 6 aliphatic rings. The van der Waals surface area contributed by atoms with E-state index in [0.717, 1.165) is 80.5 Å². The summed E-state index contributed by atoms with van der Waals surface area (Å²) < 4.78 is 38.0. The van der Waals surface area contributed by atoms with Crippen molar-refractivity contribution in [1.82, 2.24) is 19.6 Å². The van der Waals surface area contributed by atoms with Gasteiger partial charge in [-0.1, -0.05) is 112 Å². The Hall–Kier alpha value is -2.63. The summed E-state index contributed by atoms with van der Waals surface area (Å²) in [7, 11) is 7.14. The number of rotatable bonds is 16. The zero-order chi connectivity index (χ0) is 69.7. The maximum absolute atomic E-state index is 13.5. The van der Waals surface area contributed by atoms with E-state index in [1.54, 1.807) is 70.1 Å². The topological polar surface area (TPSA) is 278 Å². The summed E-state index contributed by atoms with van der Waals surface area (Å²) in [6.07, 6.45) is 8.42. The van der Waals surface area contributed by atoms with Crippen LogP contribution < -0.4 is 0 Å². The molecule has 24 atom stereocenters. The lowest BCUT2D eigenvalue weighted by molar-refractivity contribution is -0.304. The molecule has 0 radical (unpaired) electrons. The van der Waals surface area contributed by atoms with Crippen LogP contribution in [0.25, 0.3) is 0 Å². The molecule has 22 heteroatoms. The minimum Gasteiger partial charge on any atom is -0.462 e. The van der Waals surface area contributed by atoms with Gasteiger partial charge in [0.2, 0.25) is 0 Å². The zero-order valence-corrected chi connectivity index (χ0v) is 61.4. The van der Waals surface area contributed by atoms with E-state index in [0.29, 0.717) is 38.5 Å². The number of aliphatic hydroxyl groups is 7. The number of cyclic esters (lactones) is 2. The number of alkyl halides is 1. The van der Waals surface area contributed by atoms with Crippen LogP contribution in [-0.2, 0) is 47.6 Å². The van der Waals surface area contributed by atoms with Crippen LogP contribution in [0.2, 0.25) is 0 Å². The molecule has 0 aliphatic carbocycles. The van der Waals surface area contributed by atoms with Gasteiger partial charge in [0, 0.05) is 39.9 Å². The number of nitrogens with zero attached hydrogens (tertiary/aromatic N) is 4. The van der Waals surface area contributed by atoms with Crippen molar-refractivity contribution >= 4 is 46.1 Å². The Kier molecular flexibility index (Phi) is 35.4. The first kappa shape index (κ1) is 82.0. The fourth-order valence-electron chi connectivity index (χ4n) is 14.8. The van der Waals surface area contributed by atoms with Gasteiger partial charge < -0.3 is 83.8 Å². The Morgan fingerprint density at radius 1 is 0.543 bits per heavy atom. The molecule has 7 N–H and O–H groups in total. The van der Waals surface area contributed by atoms with Gasteiger partial charge in [0.1, 0.15) is 24.4 Å².